The van der Waals surface area contributed by atoms with Crippen LogP contribution >= 0.6 is 0 Å². The van der Waals surface area contributed by atoms with E-state index in [0.717, 1.165) is 6.08 Å². The molecular weight excluding hydrogens is 188 g/mol. The third kappa shape index (κ3) is 3.34. The molecule has 0 rings (SSSR count). The Morgan fingerprint density at radius 1 is 1.57 bits per heavy atom. The molecule has 0 spiro atoms. The molecule has 1 atom stereocenters. The summed E-state index contributed by atoms with van der Waals surface area (Å²) in [7, 11) is 0. The molecule has 0 bridgehead atoms. The second-order valence-electron chi connectivity index (χ2n) is 2.76. The van der Waals surface area contributed by atoms with Crippen molar-refractivity contribution >= 4 is 11.7 Å². The molecule has 0 aromatic heterocycles. The van der Waals surface area contributed by atoms with Gasteiger partial charge in [-0.25, -0.2) is 0 Å². The highest BCUT2D eigenvalue weighted by Crippen LogP contribution is 2.09. The highest BCUT2D eigenvalue weighted by Gasteiger charge is 2.19. The van der Waals surface area contributed by atoms with Crippen LogP contribution in [0.25, 0.3) is 0 Å². The van der Waals surface area contributed by atoms with Crippen LogP contribution in [-0.4, -0.2) is 22.7 Å². The summed E-state index contributed by atoms with van der Waals surface area (Å²) in [6, 6.07) is -0.969. The van der Waals surface area contributed by atoms with Crippen LogP contribution in [0.5, 0.6) is 0 Å². The summed E-state index contributed by atoms with van der Waals surface area (Å²) in [6.07, 6.45) is 1.27. The Labute approximate surface area is 80.9 Å². The summed E-state index contributed by atoms with van der Waals surface area (Å²) in [5.41, 5.74) is 5.00. The van der Waals surface area contributed by atoms with E-state index in [1.54, 1.807) is 6.92 Å². The lowest BCUT2D eigenvalue weighted by Crippen LogP contribution is -2.24. The van der Waals surface area contributed by atoms with Gasteiger partial charge in [-0.15, -0.1) is 0 Å². The van der Waals surface area contributed by atoms with Crippen LogP contribution in [0.2, 0.25) is 0 Å². The Morgan fingerprint density at radius 3 is 2.36 bits per heavy atom. The molecule has 0 fully saturated rings. The Bertz CT molecular complexity index is 296. The molecule has 0 aliphatic heterocycles. The van der Waals surface area contributed by atoms with Crippen molar-refractivity contribution in [1.29, 1.82) is 0 Å². The number of hydrogen-bond donors (Lipinski definition) is 1. The fourth-order valence-electron chi connectivity index (χ4n) is 0.893. The third-order valence-electron chi connectivity index (χ3n) is 1.82. The van der Waals surface area contributed by atoms with E-state index in [9.17, 15) is 19.7 Å². The van der Waals surface area contributed by atoms with Gasteiger partial charge in [0.15, 0.2) is 0 Å². The van der Waals surface area contributed by atoms with E-state index in [1.807, 2.05) is 0 Å². The molecule has 0 saturated carbocycles. The van der Waals surface area contributed by atoms with E-state index in [4.69, 9.17) is 5.73 Å². The number of rotatable bonds is 5. The van der Waals surface area contributed by atoms with Gasteiger partial charge < -0.3 is 5.73 Å². The van der Waals surface area contributed by atoms with Gasteiger partial charge in [0.05, 0.1) is 0 Å². The number of nitrogens with two attached hydrogens (primary N) is 1. The normalized spacial score (nSPS) is 13.4. The summed E-state index contributed by atoms with van der Waals surface area (Å²) in [6.45, 7) is 3.02. The van der Waals surface area contributed by atoms with Crippen LogP contribution in [0.3, 0.4) is 0 Å². The van der Waals surface area contributed by atoms with Crippen molar-refractivity contribution in [2.75, 3.05) is 0 Å². The van der Waals surface area contributed by atoms with Gasteiger partial charge in [0.2, 0.25) is 11.8 Å². The highest BCUT2D eigenvalue weighted by atomic mass is 16.6. The average Bonchev–Trinajstić information content (AvgIpc) is 2.12. The summed E-state index contributed by atoms with van der Waals surface area (Å²) in [4.78, 5) is 31.1. The molecule has 1 amide bonds. The molecule has 0 aliphatic rings. The summed E-state index contributed by atoms with van der Waals surface area (Å²) in [5.74, 6) is -2.01. The summed E-state index contributed by atoms with van der Waals surface area (Å²) >= 11 is 0. The lowest BCUT2D eigenvalue weighted by molar-refractivity contribution is -0.507. The quantitative estimate of drug-likeness (QED) is 0.293. The predicted octanol–water partition coefficient (Wildman–Crippen LogP) is 0.0424. The maximum atomic E-state index is 10.9. The Kier molecular flexibility index (Phi) is 4.48. The number of hydrogen-bond acceptors (Lipinski definition) is 4. The van der Waals surface area contributed by atoms with Crippen molar-refractivity contribution in [2.24, 2.45) is 5.73 Å². The fraction of sp³-hybridized carbons (Fsp3) is 0.500. The van der Waals surface area contributed by atoms with Gasteiger partial charge in [-0.2, -0.15) is 0 Å². The first-order chi connectivity index (χ1) is 6.40. The second kappa shape index (κ2) is 5.11. The minimum Gasteiger partial charge on any atom is -0.363 e. The molecule has 0 aromatic carbocycles. The van der Waals surface area contributed by atoms with E-state index in [0.29, 0.717) is 12.0 Å². The number of primary amides is 1. The van der Waals surface area contributed by atoms with Crippen molar-refractivity contribution < 1.29 is 14.5 Å². The van der Waals surface area contributed by atoms with Gasteiger partial charge in [0, 0.05) is 17.4 Å². The van der Waals surface area contributed by atoms with E-state index >= 15 is 0 Å². The van der Waals surface area contributed by atoms with E-state index in [2.05, 4.69) is 0 Å². The van der Waals surface area contributed by atoms with E-state index < -0.39 is 22.7 Å². The van der Waals surface area contributed by atoms with Crippen molar-refractivity contribution in [3.05, 3.63) is 21.8 Å². The third-order valence-corrected chi connectivity index (χ3v) is 1.82. The minimum absolute atomic E-state index is 0.291. The minimum atomic E-state index is -1.11. The van der Waals surface area contributed by atoms with Crippen molar-refractivity contribution in [3.8, 4) is 0 Å². The molecular formula is C8H12N2O4. The molecule has 0 saturated heterocycles. The van der Waals surface area contributed by atoms with Gasteiger partial charge in [-0.3, -0.25) is 19.7 Å². The SMILES string of the molecule is CC/C(=C\C(=O)C(N)=O)C(C)[N+](=O)[O-]. The zero-order valence-corrected chi connectivity index (χ0v) is 8.02. The maximum Gasteiger partial charge on any atom is 0.289 e. The topological polar surface area (TPSA) is 103 Å². The van der Waals surface area contributed by atoms with Crippen LogP contribution in [-0.2, 0) is 9.59 Å². The largest absolute Gasteiger partial charge is 0.363 e. The number of carbonyl (C=O) groups is 2. The van der Waals surface area contributed by atoms with Gasteiger partial charge in [0.1, 0.15) is 0 Å². The van der Waals surface area contributed by atoms with Gasteiger partial charge in [0.25, 0.3) is 5.91 Å². The number of carbonyl (C=O) groups excluding carboxylic acids is 2. The predicted molar refractivity (Wildman–Crippen MR) is 49.0 cm³/mol. The van der Waals surface area contributed by atoms with Crippen molar-refractivity contribution in [1.82, 2.24) is 0 Å². The highest BCUT2D eigenvalue weighted by molar-refractivity contribution is 6.40. The molecule has 2 N–H and O–H groups in total. The first-order valence-corrected chi connectivity index (χ1v) is 4.07. The molecule has 6 nitrogen and oxygen atoms in total. The summed E-state index contributed by atoms with van der Waals surface area (Å²) in [5, 5.41) is 10.4. The number of amides is 1. The maximum absolute atomic E-state index is 10.9. The molecule has 0 heterocycles. The van der Waals surface area contributed by atoms with Gasteiger partial charge >= 0.3 is 0 Å². The van der Waals surface area contributed by atoms with E-state index in [-0.39, 0.29) is 0 Å². The molecule has 0 aromatic rings. The number of nitrogens with zero attached hydrogens (tertiary/aromatic N) is 1. The second-order valence-corrected chi connectivity index (χ2v) is 2.76. The lowest BCUT2D eigenvalue weighted by Gasteiger charge is -2.05. The molecule has 1 unspecified atom stereocenters. The zero-order valence-electron chi connectivity index (χ0n) is 8.02. The van der Waals surface area contributed by atoms with Crippen LogP contribution in [0, 0.1) is 10.1 Å². The van der Waals surface area contributed by atoms with Gasteiger partial charge in [-0.05, 0) is 12.5 Å². The standard InChI is InChI=1S/C8H12N2O4/c1-3-6(5(2)10(13)14)4-7(11)8(9)12/h4-5H,3H2,1-2H3,(H2,9,12)/b6-4+. The fourth-order valence-corrected chi connectivity index (χ4v) is 0.893. The number of ketones is 1. The molecule has 14 heavy (non-hydrogen) atoms. The Hall–Kier alpha value is -1.72. The average molecular weight is 200 g/mol. The lowest BCUT2D eigenvalue weighted by atomic mass is 10.1. The monoisotopic (exact) mass is 200 g/mol. The van der Waals surface area contributed by atoms with Crippen molar-refractivity contribution in [2.45, 2.75) is 26.3 Å². The molecule has 0 radical (unpaired) electrons. The van der Waals surface area contributed by atoms with Crippen LogP contribution in [0.15, 0.2) is 11.6 Å². The van der Waals surface area contributed by atoms with Gasteiger partial charge in [-0.1, -0.05) is 6.92 Å². The molecule has 78 valence electrons. The Morgan fingerprint density at radius 2 is 2.07 bits per heavy atom. The van der Waals surface area contributed by atoms with Crippen LogP contribution in [0.4, 0.5) is 0 Å². The summed E-state index contributed by atoms with van der Waals surface area (Å²) < 4.78 is 0. The molecule has 6 heteroatoms. The first-order valence-electron chi connectivity index (χ1n) is 4.07. The number of nitro groups is 1. The van der Waals surface area contributed by atoms with Crippen LogP contribution < -0.4 is 5.73 Å². The zero-order chi connectivity index (χ0) is 11.3. The Balaban J connectivity index is 4.80. The van der Waals surface area contributed by atoms with Crippen LogP contribution in [0.1, 0.15) is 20.3 Å². The molecule has 0 aliphatic carbocycles. The smallest absolute Gasteiger partial charge is 0.289 e. The van der Waals surface area contributed by atoms with Crippen molar-refractivity contribution in [3.63, 3.8) is 0 Å². The van der Waals surface area contributed by atoms with E-state index in [1.165, 1.54) is 6.92 Å². The first kappa shape index (κ1) is 12.3.